The van der Waals surface area contributed by atoms with E-state index in [4.69, 9.17) is 5.11 Å². The predicted molar refractivity (Wildman–Crippen MR) is 85.3 cm³/mol. The van der Waals surface area contributed by atoms with Crippen LogP contribution in [0.4, 0.5) is 5.95 Å². The summed E-state index contributed by atoms with van der Waals surface area (Å²) in [6.45, 7) is 7.54. The lowest BCUT2D eigenvalue weighted by molar-refractivity contribution is 0.279. The monoisotopic (exact) mass is 292 g/mol. The number of aliphatic hydroxyl groups excluding tert-OH is 1. The lowest BCUT2D eigenvalue weighted by atomic mass is 10.1. The van der Waals surface area contributed by atoms with Gasteiger partial charge in [0.25, 0.3) is 0 Å². The van der Waals surface area contributed by atoms with Gasteiger partial charge >= 0.3 is 0 Å². The van der Waals surface area contributed by atoms with Crippen LogP contribution in [0.5, 0.6) is 0 Å². The van der Waals surface area contributed by atoms with Gasteiger partial charge < -0.3 is 15.3 Å². The Morgan fingerprint density at radius 1 is 1.38 bits per heavy atom. The molecule has 1 atom stereocenters. The molecule has 0 amide bonds. The third-order valence-electron chi connectivity index (χ3n) is 3.90. The Balaban J connectivity index is 1.88. The molecule has 1 aliphatic rings. The minimum atomic E-state index is 0.269. The summed E-state index contributed by atoms with van der Waals surface area (Å²) in [6.07, 6.45) is 8.11. The molecule has 1 aliphatic heterocycles. The molecule has 0 saturated carbocycles. The molecule has 0 spiro atoms. The Labute approximate surface area is 127 Å². The van der Waals surface area contributed by atoms with Crippen LogP contribution in [-0.2, 0) is 6.54 Å². The van der Waals surface area contributed by atoms with Crippen LogP contribution >= 0.6 is 0 Å². The minimum Gasteiger partial charge on any atom is -0.396 e. The molecular formula is C16H28N4O. The summed E-state index contributed by atoms with van der Waals surface area (Å²) in [5.74, 6) is 1.49. The fraction of sp³-hybridized carbons (Fsp3) is 0.750. The van der Waals surface area contributed by atoms with Crippen molar-refractivity contribution in [3.05, 3.63) is 18.0 Å². The second kappa shape index (κ2) is 8.29. The number of aromatic nitrogens is 2. The first-order valence-electron chi connectivity index (χ1n) is 8.10. The van der Waals surface area contributed by atoms with E-state index in [1.54, 1.807) is 0 Å². The van der Waals surface area contributed by atoms with E-state index in [1.807, 2.05) is 12.4 Å². The molecule has 2 rings (SSSR count). The lowest BCUT2D eigenvalue weighted by Gasteiger charge is -2.24. The Kier molecular flexibility index (Phi) is 6.39. The van der Waals surface area contributed by atoms with Crippen LogP contribution < -0.4 is 10.2 Å². The standard InChI is InChI=1S/C16H28N4O/c1-13(2)9-17-10-14-11-18-16(19-12-14)20-7-3-5-15(20)6-4-8-21/h11-13,15,17,21H,3-10H2,1-2H3. The summed E-state index contributed by atoms with van der Waals surface area (Å²) in [5, 5.41) is 12.4. The lowest BCUT2D eigenvalue weighted by Crippen LogP contribution is -2.31. The second-order valence-electron chi connectivity index (χ2n) is 6.27. The van der Waals surface area contributed by atoms with E-state index in [-0.39, 0.29) is 6.61 Å². The van der Waals surface area contributed by atoms with Crippen LogP contribution in [0, 0.1) is 5.92 Å². The average Bonchev–Trinajstić information content (AvgIpc) is 2.94. The topological polar surface area (TPSA) is 61.3 Å². The fourth-order valence-corrected chi connectivity index (χ4v) is 2.82. The average molecular weight is 292 g/mol. The van der Waals surface area contributed by atoms with Gasteiger partial charge in [-0.05, 0) is 38.1 Å². The number of aliphatic hydroxyl groups is 1. The van der Waals surface area contributed by atoms with Crippen molar-refractivity contribution in [1.82, 2.24) is 15.3 Å². The zero-order valence-electron chi connectivity index (χ0n) is 13.3. The smallest absolute Gasteiger partial charge is 0.225 e. The van der Waals surface area contributed by atoms with Crippen molar-refractivity contribution in [3.8, 4) is 0 Å². The van der Waals surface area contributed by atoms with Crippen LogP contribution in [0.15, 0.2) is 12.4 Å². The number of hydrogen-bond acceptors (Lipinski definition) is 5. The summed E-state index contributed by atoms with van der Waals surface area (Å²) in [7, 11) is 0. The Hall–Kier alpha value is -1.20. The van der Waals surface area contributed by atoms with Gasteiger partial charge in [0.1, 0.15) is 0 Å². The van der Waals surface area contributed by atoms with Gasteiger partial charge in [-0.2, -0.15) is 0 Å². The van der Waals surface area contributed by atoms with Crippen molar-refractivity contribution in [2.24, 2.45) is 5.92 Å². The Morgan fingerprint density at radius 2 is 2.14 bits per heavy atom. The molecule has 2 heterocycles. The summed E-state index contributed by atoms with van der Waals surface area (Å²) in [5.41, 5.74) is 1.13. The van der Waals surface area contributed by atoms with Crippen LogP contribution in [0.25, 0.3) is 0 Å². The number of hydrogen-bond donors (Lipinski definition) is 2. The number of nitrogens with one attached hydrogen (secondary N) is 1. The zero-order valence-corrected chi connectivity index (χ0v) is 13.3. The van der Waals surface area contributed by atoms with Gasteiger partial charge in [0.15, 0.2) is 0 Å². The van der Waals surface area contributed by atoms with E-state index in [0.29, 0.717) is 12.0 Å². The van der Waals surface area contributed by atoms with Crippen molar-refractivity contribution >= 4 is 5.95 Å². The van der Waals surface area contributed by atoms with Crippen LogP contribution in [-0.4, -0.2) is 40.8 Å². The maximum atomic E-state index is 8.98. The molecule has 118 valence electrons. The summed E-state index contributed by atoms with van der Waals surface area (Å²) >= 11 is 0. The van der Waals surface area contributed by atoms with Crippen molar-refractivity contribution in [3.63, 3.8) is 0 Å². The van der Waals surface area contributed by atoms with Gasteiger partial charge in [0.2, 0.25) is 5.95 Å². The number of anilines is 1. The van der Waals surface area contributed by atoms with Gasteiger partial charge in [-0.1, -0.05) is 13.8 Å². The molecule has 2 N–H and O–H groups in total. The van der Waals surface area contributed by atoms with Crippen LogP contribution in [0.1, 0.15) is 45.1 Å². The third kappa shape index (κ3) is 4.93. The maximum Gasteiger partial charge on any atom is 0.225 e. The van der Waals surface area contributed by atoms with E-state index >= 15 is 0 Å². The Morgan fingerprint density at radius 3 is 2.81 bits per heavy atom. The normalized spacial score (nSPS) is 18.7. The van der Waals surface area contributed by atoms with Crippen molar-refractivity contribution in [2.45, 2.75) is 52.1 Å². The van der Waals surface area contributed by atoms with Gasteiger partial charge in [-0.3, -0.25) is 0 Å². The van der Waals surface area contributed by atoms with Crippen molar-refractivity contribution in [2.75, 3.05) is 24.6 Å². The van der Waals surface area contributed by atoms with E-state index in [0.717, 1.165) is 44.0 Å². The highest BCUT2D eigenvalue weighted by atomic mass is 16.2. The molecule has 21 heavy (non-hydrogen) atoms. The highest BCUT2D eigenvalue weighted by Crippen LogP contribution is 2.25. The van der Waals surface area contributed by atoms with E-state index in [2.05, 4.69) is 34.0 Å². The first kappa shape index (κ1) is 16.2. The quantitative estimate of drug-likeness (QED) is 0.767. The molecule has 0 bridgehead atoms. The highest BCUT2D eigenvalue weighted by Gasteiger charge is 2.25. The number of nitrogens with zero attached hydrogens (tertiary/aromatic N) is 3. The molecule has 5 heteroatoms. The SMILES string of the molecule is CC(C)CNCc1cnc(N2CCCC2CCCO)nc1. The maximum absolute atomic E-state index is 8.98. The molecular weight excluding hydrogens is 264 g/mol. The largest absolute Gasteiger partial charge is 0.396 e. The van der Waals surface area contributed by atoms with Gasteiger partial charge in [0.05, 0.1) is 0 Å². The van der Waals surface area contributed by atoms with Crippen molar-refractivity contribution < 1.29 is 5.11 Å². The molecule has 1 aromatic heterocycles. The van der Waals surface area contributed by atoms with E-state index in [1.165, 1.54) is 12.8 Å². The first-order valence-corrected chi connectivity index (χ1v) is 8.10. The molecule has 1 saturated heterocycles. The summed E-state index contributed by atoms with van der Waals surface area (Å²) in [6, 6.07) is 0.488. The van der Waals surface area contributed by atoms with E-state index < -0.39 is 0 Å². The minimum absolute atomic E-state index is 0.269. The predicted octanol–water partition coefficient (Wildman–Crippen LogP) is 1.96. The molecule has 0 aliphatic carbocycles. The fourth-order valence-electron chi connectivity index (χ4n) is 2.82. The summed E-state index contributed by atoms with van der Waals surface area (Å²) in [4.78, 5) is 11.4. The third-order valence-corrected chi connectivity index (χ3v) is 3.90. The zero-order chi connectivity index (χ0) is 15.1. The first-order chi connectivity index (χ1) is 10.2. The molecule has 1 aromatic rings. The Bertz CT molecular complexity index is 407. The van der Waals surface area contributed by atoms with Crippen molar-refractivity contribution in [1.29, 1.82) is 0 Å². The second-order valence-corrected chi connectivity index (χ2v) is 6.27. The number of rotatable bonds is 8. The molecule has 0 aromatic carbocycles. The van der Waals surface area contributed by atoms with E-state index in [9.17, 15) is 0 Å². The van der Waals surface area contributed by atoms with Crippen LogP contribution in [0.3, 0.4) is 0 Å². The highest BCUT2D eigenvalue weighted by molar-refractivity contribution is 5.33. The molecule has 5 nitrogen and oxygen atoms in total. The summed E-state index contributed by atoms with van der Waals surface area (Å²) < 4.78 is 0. The molecule has 1 unspecified atom stereocenters. The molecule has 1 fully saturated rings. The molecule has 0 radical (unpaired) electrons. The van der Waals surface area contributed by atoms with Gasteiger partial charge in [0, 0.05) is 43.7 Å². The van der Waals surface area contributed by atoms with Crippen LogP contribution in [0.2, 0.25) is 0 Å². The van der Waals surface area contributed by atoms with Gasteiger partial charge in [-0.25, -0.2) is 9.97 Å². The van der Waals surface area contributed by atoms with Gasteiger partial charge in [-0.15, -0.1) is 0 Å².